The third-order valence-corrected chi connectivity index (χ3v) is 5.27. The second-order valence-electron chi connectivity index (χ2n) is 5.97. The summed E-state index contributed by atoms with van der Waals surface area (Å²) in [7, 11) is 1.33. The molecule has 3 heterocycles. The number of likely N-dealkylation sites (tertiary alicyclic amines) is 1. The number of rotatable bonds is 6. The molecule has 1 N–H and O–H groups in total. The van der Waals surface area contributed by atoms with Gasteiger partial charge in [0.1, 0.15) is 4.88 Å². The average Bonchev–Trinajstić information content (AvgIpc) is 3.30. The van der Waals surface area contributed by atoms with Gasteiger partial charge >= 0.3 is 5.97 Å². The van der Waals surface area contributed by atoms with Gasteiger partial charge < -0.3 is 10.1 Å². The Morgan fingerprint density at radius 1 is 1.48 bits per heavy atom. The Kier molecular flexibility index (Phi) is 5.44. The van der Waals surface area contributed by atoms with E-state index in [9.17, 15) is 9.59 Å². The highest BCUT2D eigenvalue weighted by molar-refractivity contribution is 7.17. The van der Waals surface area contributed by atoms with Gasteiger partial charge in [0.2, 0.25) is 5.91 Å². The Balaban J connectivity index is 1.57. The number of methoxy groups -OCH3 is 1. The molecule has 0 spiro atoms. The van der Waals surface area contributed by atoms with Crippen molar-refractivity contribution in [3.63, 3.8) is 0 Å². The lowest BCUT2D eigenvalue weighted by atomic mass is 10.2. The van der Waals surface area contributed by atoms with Gasteiger partial charge in [-0.1, -0.05) is 11.3 Å². The van der Waals surface area contributed by atoms with Crippen molar-refractivity contribution < 1.29 is 14.3 Å². The fourth-order valence-corrected chi connectivity index (χ4v) is 3.91. The Labute approximate surface area is 149 Å². The summed E-state index contributed by atoms with van der Waals surface area (Å²) >= 11 is 1.13. The predicted octanol–water partition coefficient (Wildman–Crippen LogP) is 1.54. The minimum Gasteiger partial charge on any atom is -0.465 e. The molecule has 1 fully saturated rings. The Morgan fingerprint density at radius 2 is 2.32 bits per heavy atom. The van der Waals surface area contributed by atoms with Crippen molar-refractivity contribution in [2.75, 3.05) is 25.5 Å². The van der Waals surface area contributed by atoms with Crippen LogP contribution in [0.25, 0.3) is 0 Å². The summed E-state index contributed by atoms with van der Waals surface area (Å²) in [4.78, 5) is 30.8. The zero-order valence-corrected chi connectivity index (χ0v) is 15.1. The molecule has 2 aromatic heterocycles. The van der Waals surface area contributed by atoms with Crippen LogP contribution in [0.15, 0.2) is 18.5 Å². The molecule has 3 rings (SSSR count). The lowest BCUT2D eigenvalue weighted by Crippen LogP contribution is -2.39. The summed E-state index contributed by atoms with van der Waals surface area (Å²) in [6, 6.07) is 2.20. The van der Waals surface area contributed by atoms with Crippen LogP contribution in [-0.2, 0) is 16.1 Å². The van der Waals surface area contributed by atoms with Crippen molar-refractivity contribution in [2.24, 2.45) is 0 Å². The minimum absolute atomic E-state index is 0.127. The van der Waals surface area contributed by atoms with Gasteiger partial charge in [-0.15, -0.1) is 0 Å². The maximum Gasteiger partial charge on any atom is 0.350 e. The lowest BCUT2D eigenvalue weighted by Gasteiger charge is -2.23. The maximum absolute atomic E-state index is 12.4. The number of aromatic nitrogens is 3. The molecule has 9 heteroatoms. The normalized spacial score (nSPS) is 17.6. The number of ether oxygens (including phenoxy) is 1. The number of esters is 1. The number of anilines is 1. The van der Waals surface area contributed by atoms with E-state index >= 15 is 0 Å². The topological polar surface area (TPSA) is 89.4 Å². The van der Waals surface area contributed by atoms with E-state index in [1.54, 1.807) is 13.1 Å². The van der Waals surface area contributed by atoms with Crippen molar-refractivity contribution in [3.8, 4) is 0 Å². The van der Waals surface area contributed by atoms with E-state index in [4.69, 9.17) is 4.74 Å². The van der Waals surface area contributed by atoms with Crippen LogP contribution in [0.2, 0.25) is 0 Å². The van der Waals surface area contributed by atoms with Crippen molar-refractivity contribution in [2.45, 2.75) is 32.4 Å². The molecular formula is C16H21N5O3S. The fourth-order valence-electron chi connectivity index (χ4n) is 3.01. The van der Waals surface area contributed by atoms with Crippen LogP contribution < -0.4 is 5.32 Å². The molecule has 1 saturated heterocycles. The first-order valence-corrected chi connectivity index (χ1v) is 8.95. The molecule has 0 aliphatic carbocycles. The zero-order chi connectivity index (χ0) is 17.8. The van der Waals surface area contributed by atoms with Crippen LogP contribution in [0.4, 0.5) is 5.13 Å². The molecule has 1 aliphatic rings. The molecule has 0 saturated carbocycles. The van der Waals surface area contributed by atoms with Crippen LogP contribution in [0.5, 0.6) is 0 Å². The van der Waals surface area contributed by atoms with E-state index in [2.05, 4.69) is 20.3 Å². The molecule has 2 aromatic rings. The van der Waals surface area contributed by atoms with E-state index in [1.165, 1.54) is 7.11 Å². The first kappa shape index (κ1) is 17.6. The molecule has 8 nitrogen and oxygen atoms in total. The highest BCUT2D eigenvalue weighted by Crippen LogP contribution is 2.24. The van der Waals surface area contributed by atoms with Gasteiger partial charge in [0.25, 0.3) is 0 Å². The molecule has 1 aliphatic heterocycles. The van der Waals surface area contributed by atoms with Gasteiger partial charge in [-0.3, -0.25) is 14.4 Å². The largest absolute Gasteiger partial charge is 0.465 e. The number of thiazole rings is 1. The highest BCUT2D eigenvalue weighted by Gasteiger charge is 2.27. The van der Waals surface area contributed by atoms with Crippen molar-refractivity contribution in [1.29, 1.82) is 0 Å². The Hall–Kier alpha value is -2.26. The molecular weight excluding hydrogens is 342 g/mol. The van der Waals surface area contributed by atoms with Gasteiger partial charge in [0, 0.05) is 18.4 Å². The third-order valence-electron chi connectivity index (χ3n) is 4.22. The molecule has 134 valence electrons. The second-order valence-corrected chi connectivity index (χ2v) is 6.97. The molecule has 0 bridgehead atoms. The summed E-state index contributed by atoms with van der Waals surface area (Å²) < 4.78 is 6.61. The summed E-state index contributed by atoms with van der Waals surface area (Å²) in [5.41, 5.74) is 0.560. The molecule has 0 aromatic carbocycles. The van der Waals surface area contributed by atoms with Crippen LogP contribution in [-0.4, -0.2) is 57.8 Å². The second kappa shape index (κ2) is 7.75. The molecule has 1 amide bonds. The van der Waals surface area contributed by atoms with E-state index < -0.39 is 5.97 Å². The first-order valence-electron chi connectivity index (χ1n) is 8.14. The minimum atomic E-state index is -0.436. The van der Waals surface area contributed by atoms with Crippen LogP contribution >= 0.6 is 11.3 Å². The molecule has 0 radical (unpaired) electrons. The number of nitrogens with one attached hydrogen (secondary N) is 1. The van der Waals surface area contributed by atoms with Gasteiger partial charge in [-0.2, -0.15) is 5.10 Å². The summed E-state index contributed by atoms with van der Waals surface area (Å²) in [6.07, 6.45) is 5.82. The quantitative estimate of drug-likeness (QED) is 0.783. The molecule has 1 atom stereocenters. The van der Waals surface area contributed by atoms with Crippen molar-refractivity contribution >= 4 is 28.3 Å². The van der Waals surface area contributed by atoms with Crippen LogP contribution in [0, 0.1) is 6.92 Å². The highest BCUT2D eigenvalue weighted by atomic mass is 32.1. The number of carbonyl (C=O) groups is 2. The van der Waals surface area contributed by atoms with Gasteiger partial charge in [0.05, 0.1) is 25.9 Å². The standard InChI is InChI=1S/C16H21N5O3S/c1-11-14(15(23)24-2)25-16(18-11)19-13(22)10-20-7-3-5-12(20)9-21-8-4-6-17-21/h4,6,8,12H,3,5,7,9-10H2,1-2H3,(H,18,19,22). The van der Waals surface area contributed by atoms with E-state index in [1.807, 2.05) is 16.9 Å². The summed E-state index contributed by atoms with van der Waals surface area (Å²) in [6.45, 7) is 3.70. The summed E-state index contributed by atoms with van der Waals surface area (Å²) in [5, 5.41) is 7.44. The predicted molar refractivity (Wildman–Crippen MR) is 93.6 cm³/mol. The molecule has 1 unspecified atom stereocenters. The summed E-state index contributed by atoms with van der Waals surface area (Å²) in [5.74, 6) is -0.563. The number of hydrogen-bond donors (Lipinski definition) is 1. The van der Waals surface area contributed by atoms with E-state index in [-0.39, 0.29) is 5.91 Å². The van der Waals surface area contributed by atoms with Crippen molar-refractivity contribution in [1.82, 2.24) is 19.7 Å². The maximum atomic E-state index is 12.4. The van der Waals surface area contributed by atoms with Gasteiger partial charge in [0.15, 0.2) is 5.13 Å². The number of amides is 1. The molecule has 25 heavy (non-hydrogen) atoms. The van der Waals surface area contributed by atoms with Crippen molar-refractivity contribution in [3.05, 3.63) is 29.0 Å². The average molecular weight is 363 g/mol. The van der Waals surface area contributed by atoms with Gasteiger partial charge in [-0.25, -0.2) is 9.78 Å². The Morgan fingerprint density at radius 3 is 3.04 bits per heavy atom. The first-order chi connectivity index (χ1) is 12.1. The Bertz CT molecular complexity index is 743. The number of aryl methyl sites for hydroxylation is 1. The lowest BCUT2D eigenvalue weighted by molar-refractivity contribution is -0.117. The zero-order valence-electron chi connectivity index (χ0n) is 14.3. The SMILES string of the molecule is COC(=O)c1sc(NC(=O)CN2CCCC2Cn2cccn2)nc1C. The monoisotopic (exact) mass is 363 g/mol. The smallest absolute Gasteiger partial charge is 0.350 e. The van der Waals surface area contributed by atoms with Gasteiger partial charge in [-0.05, 0) is 32.4 Å². The number of carbonyl (C=O) groups excluding carboxylic acids is 2. The van der Waals surface area contributed by atoms with Crippen LogP contribution in [0.1, 0.15) is 28.2 Å². The van der Waals surface area contributed by atoms with E-state index in [0.717, 1.165) is 37.3 Å². The number of nitrogens with zero attached hydrogens (tertiary/aromatic N) is 4. The fraction of sp³-hybridized carbons (Fsp3) is 0.500. The van der Waals surface area contributed by atoms with Crippen LogP contribution in [0.3, 0.4) is 0 Å². The van der Waals surface area contributed by atoms with E-state index in [0.29, 0.717) is 28.3 Å². The number of hydrogen-bond acceptors (Lipinski definition) is 7. The third kappa shape index (κ3) is 4.23.